The second kappa shape index (κ2) is 6.20. The Morgan fingerprint density at radius 2 is 2.04 bits per heavy atom. The van der Waals surface area contributed by atoms with Gasteiger partial charge in [0, 0.05) is 30.7 Å². The topological polar surface area (TPSA) is 54.7 Å². The highest BCUT2D eigenvalue weighted by Gasteiger charge is 2.25. The van der Waals surface area contributed by atoms with Gasteiger partial charge in [0.25, 0.3) is 0 Å². The van der Waals surface area contributed by atoms with Gasteiger partial charge in [-0.3, -0.25) is 4.90 Å². The second-order valence-electron chi connectivity index (χ2n) is 5.91. The third-order valence-corrected chi connectivity index (χ3v) is 4.44. The molecule has 1 aliphatic heterocycles. The molecule has 1 fully saturated rings. The number of hydrogen-bond acceptors (Lipinski definition) is 4. The number of carbonyl (C=O) groups excluding carboxylic acids is 1. The second-order valence-corrected chi connectivity index (χ2v) is 5.91. The molecule has 0 unspecified atom stereocenters. The molecule has 1 N–H and O–H groups in total. The molecule has 23 heavy (non-hydrogen) atoms. The summed E-state index contributed by atoms with van der Waals surface area (Å²) in [6.07, 6.45) is 2.29. The van der Waals surface area contributed by atoms with Gasteiger partial charge in [0.1, 0.15) is 0 Å². The Morgan fingerprint density at radius 1 is 1.35 bits per heavy atom. The Morgan fingerprint density at radius 3 is 2.70 bits per heavy atom. The zero-order chi connectivity index (χ0) is 16.6. The van der Waals surface area contributed by atoms with Crippen molar-refractivity contribution >= 4 is 16.9 Å². The van der Waals surface area contributed by atoms with E-state index in [2.05, 4.69) is 4.90 Å². The highest BCUT2D eigenvalue weighted by Crippen LogP contribution is 2.32. The van der Waals surface area contributed by atoms with E-state index >= 15 is 0 Å². The van der Waals surface area contributed by atoms with Gasteiger partial charge in [0.05, 0.1) is 17.7 Å². The number of rotatable bonds is 4. The summed E-state index contributed by atoms with van der Waals surface area (Å²) < 4.78 is 20.7. The number of benzene rings is 1. The van der Waals surface area contributed by atoms with Crippen LogP contribution in [0.5, 0.6) is 5.75 Å². The first-order valence-electron chi connectivity index (χ1n) is 7.92. The van der Waals surface area contributed by atoms with E-state index in [9.17, 15) is 14.3 Å². The molecule has 1 aliphatic rings. The highest BCUT2D eigenvalue weighted by molar-refractivity contribution is 6.06. The number of aromatic nitrogens is 1. The molecular formula is C17H21FN2O3. The van der Waals surface area contributed by atoms with E-state index in [1.807, 2.05) is 11.6 Å². The maximum atomic E-state index is 13.7. The molecule has 5 nitrogen and oxygen atoms in total. The number of phenolic OH excluding ortho intramolecular Hbond substituents is 1. The molecule has 0 bridgehead atoms. The quantitative estimate of drug-likeness (QED) is 0.880. The van der Waals surface area contributed by atoms with Crippen LogP contribution in [0, 0.1) is 5.82 Å². The van der Waals surface area contributed by atoms with Crippen LogP contribution in [0.1, 0.15) is 35.8 Å². The van der Waals surface area contributed by atoms with Gasteiger partial charge in [-0.05, 0) is 38.9 Å². The first kappa shape index (κ1) is 15.8. The predicted molar refractivity (Wildman–Crippen MR) is 85.0 cm³/mol. The molecule has 2 aromatic rings. The van der Waals surface area contributed by atoms with Gasteiger partial charge in [-0.15, -0.1) is 0 Å². The van der Waals surface area contributed by atoms with Gasteiger partial charge in [-0.1, -0.05) is 0 Å². The Balaban J connectivity index is 2.16. The standard InChI is InChI=1S/C17H21FN2O3/c1-3-23-17(22)16-11-8-15(21)12(18)9-13(11)19(2)14(16)10-20-6-4-5-7-20/h8-9,21H,3-7,10H2,1-2H3. The molecular weight excluding hydrogens is 299 g/mol. The minimum atomic E-state index is -0.693. The Kier molecular flexibility index (Phi) is 4.26. The monoisotopic (exact) mass is 320 g/mol. The van der Waals surface area contributed by atoms with Crippen LogP contribution in [0.2, 0.25) is 0 Å². The van der Waals surface area contributed by atoms with E-state index in [-0.39, 0.29) is 6.61 Å². The molecule has 0 radical (unpaired) electrons. The smallest absolute Gasteiger partial charge is 0.340 e. The number of hydrogen-bond donors (Lipinski definition) is 1. The van der Waals surface area contributed by atoms with Crippen molar-refractivity contribution in [3.8, 4) is 5.75 Å². The van der Waals surface area contributed by atoms with E-state index in [4.69, 9.17) is 4.74 Å². The Labute approximate surface area is 134 Å². The Bertz CT molecular complexity index is 748. The lowest BCUT2D eigenvalue weighted by Gasteiger charge is -2.16. The number of likely N-dealkylation sites (tertiary alicyclic amines) is 1. The molecule has 0 saturated carbocycles. The zero-order valence-electron chi connectivity index (χ0n) is 13.4. The summed E-state index contributed by atoms with van der Waals surface area (Å²) in [5.74, 6) is -1.58. The minimum absolute atomic E-state index is 0.269. The van der Waals surface area contributed by atoms with Gasteiger partial charge in [0.15, 0.2) is 11.6 Å². The van der Waals surface area contributed by atoms with E-state index in [0.717, 1.165) is 31.6 Å². The first-order valence-corrected chi connectivity index (χ1v) is 7.92. The molecule has 6 heteroatoms. The van der Waals surface area contributed by atoms with Gasteiger partial charge in [-0.25, -0.2) is 9.18 Å². The van der Waals surface area contributed by atoms with Crippen molar-refractivity contribution in [3.05, 3.63) is 29.2 Å². The molecule has 124 valence electrons. The predicted octanol–water partition coefficient (Wildman–Crippen LogP) is 2.80. The number of aryl methyl sites for hydroxylation is 1. The molecule has 0 amide bonds. The fourth-order valence-electron chi connectivity index (χ4n) is 3.27. The van der Waals surface area contributed by atoms with Crippen molar-refractivity contribution in [2.45, 2.75) is 26.3 Å². The normalized spacial score (nSPS) is 15.4. The van der Waals surface area contributed by atoms with Gasteiger partial charge >= 0.3 is 5.97 Å². The van der Waals surface area contributed by atoms with Crippen molar-refractivity contribution in [2.24, 2.45) is 7.05 Å². The summed E-state index contributed by atoms with van der Waals surface area (Å²) >= 11 is 0. The zero-order valence-corrected chi connectivity index (χ0v) is 13.4. The number of esters is 1. The van der Waals surface area contributed by atoms with Crippen molar-refractivity contribution in [1.82, 2.24) is 9.47 Å². The summed E-state index contributed by atoms with van der Waals surface area (Å²) in [4.78, 5) is 14.7. The maximum absolute atomic E-state index is 13.7. The lowest BCUT2D eigenvalue weighted by atomic mass is 10.1. The minimum Gasteiger partial charge on any atom is -0.505 e. The summed E-state index contributed by atoms with van der Waals surface area (Å²) in [6.45, 7) is 4.61. The maximum Gasteiger partial charge on any atom is 0.340 e. The molecule has 1 aromatic carbocycles. The van der Waals surface area contributed by atoms with E-state index < -0.39 is 17.5 Å². The van der Waals surface area contributed by atoms with E-state index in [0.29, 0.717) is 23.0 Å². The van der Waals surface area contributed by atoms with Crippen molar-refractivity contribution in [1.29, 1.82) is 0 Å². The summed E-state index contributed by atoms with van der Waals surface area (Å²) in [6, 6.07) is 2.57. The van der Waals surface area contributed by atoms with Crippen LogP contribution in [-0.2, 0) is 18.3 Å². The van der Waals surface area contributed by atoms with Crippen molar-refractivity contribution in [3.63, 3.8) is 0 Å². The number of phenols is 1. The average Bonchev–Trinajstić information content (AvgIpc) is 3.10. The highest BCUT2D eigenvalue weighted by atomic mass is 19.1. The van der Waals surface area contributed by atoms with Crippen LogP contribution in [-0.4, -0.2) is 40.2 Å². The van der Waals surface area contributed by atoms with Gasteiger partial charge < -0.3 is 14.4 Å². The van der Waals surface area contributed by atoms with Crippen LogP contribution >= 0.6 is 0 Å². The number of halogens is 1. The lowest BCUT2D eigenvalue weighted by molar-refractivity contribution is 0.0526. The number of carbonyl (C=O) groups is 1. The molecule has 0 aliphatic carbocycles. The largest absolute Gasteiger partial charge is 0.505 e. The molecule has 1 aromatic heterocycles. The molecule has 1 saturated heterocycles. The first-order chi connectivity index (χ1) is 11.0. The number of nitrogens with zero attached hydrogens (tertiary/aromatic N) is 2. The molecule has 0 atom stereocenters. The van der Waals surface area contributed by atoms with Crippen LogP contribution < -0.4 is 0 Å². The number of fused-ring (bicyclic) bond motifs is 1. The van der Waals surface area contributed by atoms with Crippen LogP contribution in [0.25, 0.3) is 10.9 Å². The summed E-state index contributed by atoms with van der Waals surface area (Å²) in [7, 11) is 1.81. The van der Waals surface area contributed by atoms with Gasteiger partial charge in [-0.2, -0.15) is 0 Å². The Hall–Kier alpha value is -2.08. The van der Waals surface area contributed by atoms with Crippen LogP contribution in [0.3, 0.4) is 0 Å². The van der Waals surface area contributed by atoms with Gasteiger partial charge in [0.2, 0.25) is 0 Å². The fraction of sp³-hybridized carbons (Fsp3) is 0.471. The van der Waals surface area contributed by atoms with E-state index in [1.54, 1.807) is 6.92 Å². The van der Waals surface area contributed by atoms with Crippen molar-refractivity contribution < 1.29 is 19.0 Å². The average molecular weight is 320 g/mol. The summed E-state index contributed by atoms with van der Waals surface area (Å²) in [5.41, 5.74) is 1.80. The van der Waals surface area contributed by atoms with Crippen molar-refractivity contribution in [2.75, 3.05) is 19.7 Å². The molecule has 2 heterocycles. The summed E-state index contributed by atoms with van der Waals surface area (Å²) in [5, 5.41) is 10.2. The number of aromatic hydroxyl groups is 1. The number of ether oxygens (including phenoxy) is 1. The third-order valence-electron chi connectivity index (χ3n) is 4.44. The lowest BCUT2D eigenvalue weighted by Crippen LogP contribution is -2.22. The third kappa shape index (κ3) is 2.79. The fourth-order valence-corrected chi connectivity index (χ4v) is 3.27. The van der Waals surface area contributed by atoms with Crippen LogP contribution in [0.15, 0.2) is 12.1 Å². The SMILES string of the molecule is CCOC(=O)c1c(CN2CCCC2)n(C)c2cc(F)c(O)cc12. The molecule has 0 spiro atoms. The molecule has 3 rings (SSSR count). The van der Waals surface area contributed by atoms with E-state index in [1.165, 1.54) is 12.1 Å². The van der Waals surface area contributed by atoms with Crippen LogP contribution in [0.4, 0.5) is 4.39 Å².